The lowest BCUT2D eigenvalue weighted by Gasteiger charge is -2.35. The van der Waals surface area contributed by atoms with Gasteiger partial charge in [-0.25, -0.2) is 4.39 Å². The van der Waals surface area contributed by atoms with Gasteiger partial charge in [0, 0.05) is 30.6 Å². The quantitative estimate of drug-likeness (QED) is 0.725. The number of hydrogen-bond acceptors (Lipinski definition) is 4. The molecule has 1 heterocycles. The highest BCUT2D eigenvalue weighted by molar-refractivity contribution is 5.94. The molecule has 1 N–H and O–H groups in total. The molecule has 1 aliphatic rings. The Morgan fingerprint density at radius 3 is 2.59 bits per heavy atom. The molecule has 2 rings (SSSR count). The number of carbonyl (C=O) groups excluding carboxylic acids is 2. The van der Waals surface area contributed by atoms with Crippen molar-refractivity contribution in [2.75, 3.05) is 26.2 Å². The predicted molar refractivity (Wildman–Crippen MR) is 110 cm³/mol. The van der Waals surface area contributed by atoms with Crippen LogP contribution in [0.15, 0.2) is 30.3 Å². The van der Waals surface area contributed by atoms with Crippen LogP contribution in [-0.2, 0) is 4.79 Å². The van der Waals surface area contributed by atoms with Crippen molar-refractivity contribution in [3.63, 3.8) is 0 Å². The zero-order valence-electron chi connectivity index (χ0n) is 17.7. The van der Waals surface area contributed by atoms with Crippen molar-refractivity contribution in [1.82, 2.24) is 15.1 Å². The van der Waals surface area contributed by atoms with Crippen LogP contribution in [-0.4, -0.2) is 65.5 Å². The fourth-order valence-electron chi connectivity index (χ4n) is 3.56. The first-order valence-electron chi connectivity index (χ1n) is 10.1. The fourth-order valence-corrected chi connectivity index (χ4v) is 3.56. The Morgan fingerprint density at radius 2 is 2.00 bits per heavy atom. The van der Waals surface area contributed by atoms with Crippen molar-refractivity contribution in [2.45, 2.75) is 51.9 Å². The number of alkyl halides is 1. The number of hydrogen-bond donors (Lipinski definition) is 1. The highest BCUT2D eigenvalue weighted by atomic mass is 19.1. The van der Waals surface area contributed by atoms with Gasteiger partial charge in [0.2, 0.25) is 5.91 Å². The maximum atomic E-state index is 13.6. The molecule has 1 saturated heterocycles. The summed E-state index contributed by atoms with van der Waals surface area (Å²) >= 11 is 0. The van der Waals surface area contributed by atoms with Crippen LogP contribution in [0.25, 0.3) is 0 Å². The number of likely N-dealkylation sites (tertiary alicyclic amines) is 1. The molecule has 158 valence electrons. The van der Waals surface area contributed by atoms with Gasteiger partial charge in [0.25, 0.3) is 5.91 Å². The number of carbonyl (C=O) groups is 2. The monoisotopic (exact) mass is 402 g/mol. The van der Waals surface area contributed by atoms with E-state index in [1.54, 1.807) is 17.0 Å². The van der Waals surface area contributed by atoms with E-state index in [0.717, 1.165) is 0 Å². The summed E-state index contributed by atoms with van der Waals surface area (Å²) in [6, 6.07) is 10.4. The summed E-state index contributed by atoms with van der Waals surface area (Å²) in [4.78, 5) is 28.6. The van der Waals surface area contributed by atoms with E-state index in [1.165, 1.54) is 4.90 Å². The average Bonchev–Trinajstić information content (AvgIpc) is 3.06. The van der Waals surface area contributed by atoms with E-state index >= 15 is 0 Å². The highest BCUT2D eigenvalue weighted by Gasteiger charge is 2.36. The molecule has 1 aromatic carbocycles. The van der Waals surface area contributed by atoms with Crippen molar-refractivity contribution >= 4 is 11.8 Å². The van der Waals surface area contributed by atoms with Gasteiger partial charge >= 0.3 is 0 Å². The van der Waals surface area contributed by atoms with Crippen molar-refractivity contribution in [3.8, 4) is 6.07 Å². The van der Waals surface area contributed by atoms with E-state index in [0.29, 0.717) is 24.6 Å². The van der Waals surface area contributed by atoms with Crippen LogP contribution in [0.5, 0.6) is 0 Å². The maximum absolute atomic E-state index is 13.6. The first-order chi connectivity index (χ1) is 13.6. The first kappa shape index (κ1) is 22.8. The molecule has 0 bridgehead atoms. The van der Waals surface area contributed by atoms with Crippen LogP contribution in [0.3, 0.4) is 0 Å². The Labute approximate surface area is 172 Å². The number of nitrogens with one attached hydrogen (secondary N) is 1. The third-order valence-corrected chi connectivity index (χ3v) is 4.92. The zero-order chi connectivity index (χ0) is 21.6. The number of rotatable bonds is 8. The van der Waals surface area contributed by atoms with Crippen molar-refractivity contribution in [3.05, 3.63) is 35.9 Å². The van der Waals surface area contributed by atoms with E-state index in [-0.39, 0.29) is 31.3 Å². The van der Waals surface area contributed by atoms with Gasteiger partial charge in [-0.1, -0.05) is 32.0 Å². The summed E-state index contributed by atoms with van der Waals surface area (Å²) in [5.41, 5.74) is 0.0920. The van der Waals surface area contributed by atoms with Crippen molar-refractivity contribution in [1.29, 1.82) is 5.26 Å². The van der Waals surface area contributed by atoms with E-state index < -0.39 is 17.8 Å². The van der Waals surface area contributed by atoms with Crippen LogP contribution in [0.4, 0.5) is 4.39 Å². The van der Waals surface area contributed by atoms with Gasteiger partial charge in [-0.15, -0.1) is 0 Å². The Hall–Kier alpha value is -2.46. The Morgan fingerprint density at radius 1 is 1.34 bits per heavy atom. The van der Waals surface area contributed by atoms with E-state index in [1.807, 2.05) is 38.1 Å². The number of amides is 2. The molecule has 1 fully saturated rings. The molecule has 0 radical (unpaired) electrons. The predicted octanol–water partition coefficient (Wildman–Crippen LogP) is 2.62. The minimum absolute atomic E-state index is 0.00700. The molecule has 2 atom stereocenters. The average molecular weight is 403 g/mol. The number of halogens is 1. The third-order valence-electron chi connectivity index (χ3n) is 4.92. The largest absolute Gasteiger partial charge is 0.337 e. The second-order valence-corrected chi connectivity index (χ2v) is 8.71. The number of benzene rings is 1. The molecule has 0 aromatic heterocycles. The summed E-state index contributed by atoms with van der Waals surface area (Å²) in [6.07, 6.45) is -1.08. The van der Waals surface area contributed by atoms with Gasteiger partial charge in [-0.3, -0.25) is 9.59 Å². The third kappa shape index (κ3) is 6.53. The topological polar surface area (TPSA) is 76.4 Å². The van der Waals surface area contributed by atoms with Gasteiger partial charge in [0.15, 0.2) is 0 Å². The summed E-state index contributed by atoms with van der Waals surface area (Å²) in [5, 5.41) is 12.3. The second kappa shape index (κ2) is 9.84. The summed E-state index contributed by atoms with van der Waals surface area (Å²) in [6.45, 7) is 8.93. The number of nitriles is 1. The van der Waals surface area contributed by atoms with Crippen LogP contribution >= 0.6 is 0 Å². The highest BCUT2D eigenvalue weighted by Crippen LogP contribution is 2.20. The molecule has 0 spiro atoms. The first-order valence-corrected chi connectivity index (χ1v) is 10.1. The van der Waals surface area contributed by atoms with Crippen LogP contribution < -0.4 is 5.32 Å². The molecule has 2 amide bonds. The molecule has 0 aliphatic carbocycles. The van der Waals surface area contributed by atoms with Crippen molar-refractivity contribution in [2.24, 2.45) is 5.92 Å². The van der Waals surface area contributed by atoms with Crippen molar-refractivity contribution < 1.29 is 14.0 Å². The zero-order valence-corrected chi connectivity index (χ0v) is 17.7. The molecule has 0 saturated carbocycles. The molecule has 1 unspecified atom stereocenters. The van der Waals surface area contributed by atoms with Crippen LogP contribution in [0.2, 0.25) is 0 Å². The lowest BCUT2D eigenvalue weighted by Crippen LogP contribution is -2.54. The van der Waals surface area contributed by atoms with Crippen LogP contribution in [0, 0.1) is 17.2 Å². The molecule has 1 aliphatic heterocycles. The Bertz CT molecular complexity index is 745. The van der Waals surface area contributed by atoms with Gasteiger partial charge in [-0.2, -0.15) is 5.26 Å². The van der Waals surface area contributed by atoms with E-state index in [9.17, 15) is 14.0 Å². The van der Waals surface area contributed by atoms with Gasteiger partial charge in [-0.05, 0) is 31.9 Å². The molecular weight excluding hydrogens is 371 g/mol. The minimum atomic E-state index is -1.15. The lowest BCUT2D eigenvalue weighted by molar-refractivity contribution is -0.130. The SMILES string of the molecule is CC(C)CN(CC(C)(C)NCC(=O)N1C[C@@H](F)CC1C#N)C(=O)c1ccccc1. The standard InChI is InChI=1S/C22H31FN4O2/c1-16(2)13-26(21(29)17-8-6-5-7-9-17)15-22(3,4)25-12-20(28)27-14-18(23)10-19(27)11-24/h5-9,16,18-19,25H,10,12-15H2,1-4H3/t18-,19?/m0/s1. The summed E-state index contributed by atoms with van der Waals surface area (Å²) in [7, 11) is 0. The smallest absolute Gasteiger partial charge is 0.253 e. The molecule has 6 nitrogen and oxygen atoms in total. The number of nitrogens with zero attached hydrogens (tertiary/aromatic N) is 3. The lowest BCUT2D eigenvalue weighted by atomic mass is 10.0. The maximum Gasteiger partial charge on any atom is 0.253 e. The minimum Gasteiger partial charge on any atom is -0.337 e. The molecule has 7 heteroatoms. The van der Waals surface area contributed by atoms with Gasteiger partial charge in [0.05, 0.1) is 19.2 Å². The summed E-state index contributed by atoms with van der Waals surface area (Å²) in [5.74, 6) is -0.0537. The Balaban J connectivity index is 2.01. The summed E-state index contributed by atoms with van der Waals surface area (Å²) < 4.78 is 13.6. The van der Waals surface area contributed by atoms with Gasteiger partial charge in [0.1, 0.15) is 12.2 Å². The van der Waals surface area contributed by atoms with Gasteiger partial charge < -0.3 is 15.1 Å². The molecule has 29 heavy (non-hydrogen) atoms. The van der Waals surface area contributed by atoms with E-state index in [4.69, 9.17) is 5.26 Å². The normalized spacial score (nSPS) is 19.3. The fraction of sp³-hybridized carbons (Fsp3) is 0.591. The molecular formula is C22H31FN4O2. The van der Waals surface area contributed by atoms with Crippen LogP contribution in [0.1, 0.15) is 44.5 Å². The Kier molecular flexibility index (Phi) is 7.74. The van der Waals surface area contributed by atoms with E-state index in [2.05, 4.69) is 19.2 Å². The second-order valence-electron chi connectivity index (χ2n) is 8.71. The molecule has 1 aromatic rings.